The molecule has 3 N–H and O–H groups in total. The molecule has 0 bridgehead atoms. The minimum Gasteiger partial charge on any atom is -0.324 e. The lowest BCUT2D eigenvalue weighted by Crippen LogP contribution is -2.05. The van der Waals surface area contributed by atoms with E-state index in [9.17, 15) is 0 Å². The van der Waals surface area contributed by atoms with Crippen LogP contribution in [0.25, 0.3) is 22.2 Å². The molecule has 0 saturated heterocycles. The predicted octanol–water partition coefficient (Wildman–Crippen LogP) is 3.25. The summed E-state index contributed by atoms with van der Waals surface area (Å²) >= 11 is 0. The van der Waals surface area contributed by atoms with Crippen LogP contribution in [-0.4, -0.2) is 10.2 Å². The van der Waals surface area contributed by atoms with Gasteiger partial charge in [-0.3, -0.25) is 5.10 Å². The number of aromatic nitrogens is 2. The van der Waals surface area contributed by atoms with Gasteiger partial charge in [0.25, 0.3) is 0 Å². The Morgan fingerprint density at radius 2 is 1.83 bits per heavy atom. The van der Waals surface area contributed by atoms with Crippen LogP contribution in [0.15, 0.2) is 48.5 Å². The van der Waals surface area contributed by atoms with Crippen molar-refractivity contribution in [2.24, 2.45) is 5.73 Å². The summed E-state index contributed by atoms with van der Waals surface area (Å²) in [5, 5.41) is 8.65. The molecule has 3 heteroatoms. The van der Waals surface area contributed by atoms with Crippen LogP contribution < -0.4 is 5.73 Å². The molecule has 1 atom stereocenters. The molecular weight excluding hydrogens is 222 g/mol. The van der Waals surface area contributed by atoms with Gasteiger partial charge >= 0.3 is 0 Å². The fourth-order valence-corrected chi connectivity index (χ4v) is 2.25. The number of para-hydroxylation sites is 1. The van der Waals surface area contributed by atoms with Crippen molar-refractivity contribution >= 4 is 10.9 Å². The van der Waals surface area contributed by atoms with Crippen LogP contribution in [-0.2, 0) is 0 Å². The highest BCUT2D eigenvalue weighted by molar-refractivity contribution is 5.94. The molecule has 3 rings (SSSR count). The molecule has 0 radical (unpaired) electrons. The number of hydrogen-bond donors (Lipinski definition) is 2. The molecule has 2 aromatic carbocycles. The van der Waals surface area contributed by atoms with Gasteiger partial charge in [-0.05, 0) is 12.5 Å². The van der Waals surface area contributed by atoms with Gasteiger partial charge in [-0.25, -0.2) is 0 Å². The first-order valence-electron chi connectivity index (χ1n) is 6.05. The summed E-state index contributed by atoms with van der Waals surface area (Å²) in [4.78, 5) is 0. The Bertz CT molecular complexity index is 669. The van der Waals surface area contributed by atoms with E-state index in [1.807, 2.05) is 37.3 Å². The maximum Gasteiger partial charge on any atom is 0.0974 e. The predicted molar refractivity (Wildman–Crippen MR) is 74.1 cm³/mol. The molecule has 90 valence electrons. The van der Waals surface area contributed by atoms with E-state index in [1.165, 1.54) is 0 Å². The minimum atomic E-state index is -0.0133. The molecule has 0 aliphatic rings. The number of nitrogens with one attached hydrogen (secondary N) is 1. The Morgan fingerprint density at radius 1 is 1.06 bits per heavy atom. The minimum absolute atomic E-state index is 0.0133. The lowest BCUT2D eigenvalue weighted by atomic mass is 10.0. The number of H-pyrrole nitrogens is 1. The number of nitrogens with two attached hydrogens (primary N) is 1. The molecule has 18 heavy (non-hydrogen) atoms. The first kappa shape index (κ1) is 11.0. The number of benzene rings is 2. The normalized spacial score (nSPS) is 12.8. The Kier molecular flexibility index (Phi) is 2.61. The Morgan fingerprint density at radius 3 is 2.56 bits per heavy atom. The topological polar surface area (TPSA) is 54.7 Å². The van der Waals surface area contributed by atoms with Crippen LogP contribution in [0.5, 0.6) is 0 Å². The van der Waals surface area contributed by atoms with Gasteiger partial charge in [-0.15, -0.1) is 0 Å². The zero-order valence-electron chi connectivity index (χ0n) is 10.2. The van der Waals surface area contributed by atoms with Crippen LogP contribution in [0.1, 0.15) is 18.5 Å². The summed E-state index contributed by atoms with van der Waals surface area (Å²) in [6.45, 7) is 1.98. The second-order valence-electron chi connectivity index (χ2n) is 4.50. The van der Waals surface area contributed by atoms with E-state index in [0.717, 1.165) is 27.7 Å². The van der Waals surface area contributed by atoms with Crippen molar-refractivity contribution < 1.29 is 0 Å². The summed E-state index contributed by atoms with van der Waals surface area (Å²) in [5.41, 5.74) is 10.2. The summed E-state index contributed by atoms with van der Waals surface area (Å²) in [7, 11) is 0. The highest BCUT2D eigenvalue weighted by atomic mass is 15.1. The lowest BCUT2D eigenvalue weighted by Gasteiger charge is -2.05. The molecule has 1 heterocycles. The molecular formula is C15H15N3. The number of rotatable bonds is 2. The van der Waals surface area contributed by atoms with E-state index in [4.69, 9.17) is 5.73 Å². The third-order valence-corrected chi connectivity index (χ3v) is 3.17. The molecule has 0 aliphatic carbocycles. The summed E-state index contributed by atoms with van der Waals surface area (Å²) in [6.07, 6.45) is 0. The molecule has 0 amide bonds. The molecule has 0 aliphatic heterocycles. The van der Waals surface area contributed by atoms with E-state index in [2.05, 4.69) is 28.4 Å². The third-order valence-electron chi connectivity index (χ3n) is 3.17. The molecule has 3 aromatic rings. The van der Waals surface area contributed by atoms with Crippen molar-refractivity contribution in [1.82, 2.24) is 10.2 Å². The first-order chi connectivity index (χ1) is 8.77. The molecule has 1 unspecified atom stereocenters. The smallest absolute Gasteiger partial charge is 0.0974 e. The van der Waals surface area contributed by atoms with Crippen molar-refractivity contribution in [3.63, 3.8) is 0 Å². The summed E-state index contributed by atoms with van der Waals surface area (Å²) in [6, 6.07) is 16.3. The average molecular weight is 237 g/mol. The van der Waals surface area contributed by atoms with Crippen LogP contribution in [0, 0.1) is 0 Å². The van der Waals surface area contributed by atoms with Gasteiger partial charge in [0.1, 0.15) is 0 Å². The second-order valence-corrected chi connectivity index (χ2v) is 4.50. The van der Waals surface area contributed by atoms with Crippen molar-refractivity contribution in [2.45, 2.75) is 13.0 Å². The van der Waals surface area contributed by atoms with Crippen molar-refractivity contribution in [3.8, 4) is 11.3 Å². The van der Waals surface area contributed by atoms with Crippen LogP contribution in [0.2, 0.25) is 0 Å². The van der Waals surface area contributed by atoms with Gasteiger partial charge in [-0.1, -0.05) is 48.5 Å². The fraction of sp³-hybridized carbons (Fsp3) is 0.133. The van der Waals surface area contributed by atoms with E-state index >= 15 is 0 Å². The molecule has 3 nitrogen and oxygen atoms in total. The highest BCUT2D eigenvalue weighted by Crippen LogP contribution is 2.29. The van der Waals surface area contributed by atoms with Crippen molar-refractivity contribution in [2.75, 3.05) is 0 Å². The average Bonchev–Trinajstić information content (AvgIpc) is 2.83. The Hall–Kier alpha value is -2.13. The Labute approximate surface area is 106 Å². The van der Waals surface area contributed by atoms with Gasteiger partial charge in [0, 0.05) is 17.0 Å². The van der Waals surface area contributed by atoms with Crippen molar-refractivity contribution in [3.05, 3.63) is 54.1 Å². The monoisotopic (exact) mass is 237 g/mol. The number of aromatic amines is 1. The van der Waals surface area contributed by atoms with E-state index in [1.54, 1.807) is 0 Å². The largest absolute Gasteiger partial charge is 0.324 e. The maximum atomic E-state index is 5.97. The van der Waals surface area contributed by atoms with Crippen LogP contribution >= 0.6 is 0 Å². The maximum absolute atomic E-state index is 5.97. The van der Waals surface area contributed by atoms with Gasteiger partial charge in [0.05, 0.1) is 11.2 Å². The molecule has 0 spiro atoms. The first-order valence-corrected chi connectivity index (χ1v) is 6.05. The third kappa shape index (κ3) is 1.69. The Balaban J connectivity index is 2.25. The van der Waals surface area contributed by atoms with Gasteiger partial charge in [0.2, 0.25) is 0 Å². The SMILES string of the molecule is CC(N)c1cccc2c(-c3ccccc3)[nH]nc12. The lowest BCUT2D eigenvalue weighted by molar-refractivity contribution is 0.823. The van der Waals surface area contributed by atoms with Crippen molar-refractivity contribution in [1.29, 1.82) is 0 Å². The zero-order chi connectivity index (χ0) is 12.5. The summed E-state index contributed by atoms with van der Waals surface area (Å²) in [5.74, 6) is 0. The van der Waals surface area contributed by atoms with Gasteiger partial charge in [-0.2, -0.15) is 5.10 Å². The standard InChI is InChI=1S/C15H15N3/c1-10(16)12-8-5-9-13-14(17-18-15(12)13)11-6-3-2-4-7-11/h2-10H,16H2,1H3,(H,17,18). The van der Waals surface area contributed by atoms with Gasteiger partial charge in [0.15, 0.2) is 0 Å². The molecule has 0 saturated carbocycles. The summed E-state index contributed by atoms with van der Waals surface area (Å²) < 4.78 is 0. The molecule has 0 fully saturated rings. The zero-order valence-corrected chi connectivity index (χ0v) is 10.2. The van der Waals surface area contributed by atoms with E-state index in [-0.39, 0.29) is 6.04 Å². The van der Waals surface area contributed by atoms with Gasteiger partial charge < -0.3 is 5.73 Å². The van der Waals surface area contributed by atoms with Crippen LogP contribution in [0.3, 0.4) is 0 Å². The quantitative estimate of drug-likeness (QED) is 0.718. The number of hydrogen-bond acceptors (Lipinski definition) is 2. The van der Waals surface area contributed by atoms with E-state index < -0.39 is 0 Å². The fourth-order valence-electron chi connectivity index (χ4n) is 2.25. The number of nitrogens with zero attached hydrogens (tertiary/aromatic N) is 1. The second kappa shape index (κ2) is 4.27. The number of fused-ring (bicyclic) bond motifs is 1. The van der Waals surface area contributed by atoms with E-state index in [0.29, 0.717) is 0 Å². The molecule has 1 aromatic heterocycles. The van der Waals surface area contributed by atoms with Crippen LogP contribution in [0.4, 0.5) is 0 Å². The highest BCUT2D eigenvalue weighted by Gasteiger charge is 2.12.